The standard InChI is InChI=1S/C29H61NO6.ClH/c1-4-5-6-7-8-9-10-11-12-13-14-15-16-17-18-19-26(30(2)3)20-27(32)22-35-24-29(34)25-36-23-28(33)21-31;/h26-29,31-34H,4-25H2,1-3H3;1H. The molecule has 7 nitrogen and oxygen atoms in total. The molecule has 4 atom stereocenters. The lowest BCUT2D eigenvalue weighted by Gasteiger charge is -2.27. The van der Waals surface area contributed by atoms with E-state index in [0.29, 0.717) is 12.5 Å². The van der Waals surface area contributed by atoms with Crippen LogP contribution in [0, 0.1) is 0 Å². The topological polar surface area (TPSA) is 103 Å². The van der Waals surface area contributed by atoms with Gasteiger partial charge in [0, 0.05) is 6.04 Å². The van der Waals surface area contributed by atoms with E-state index < -0.39 is 18.3 Å². The zero-order valence-electron chi connectivity index (χ0n) is 24.3. The molecular weight excluding hydrogens is 494 g/mol. The zero-order chi connectivity index (χ0) is 26.9. The minimum atomic E-state index is -0.938. The Morgan fingerprint density at radius 2 is 0.946 bits per heavy atom. The first-order valence-corrected chi connectivity index (χ1v) is 14.9. The summed E-state index contributed by atoms with van der Waals surface area (Å²) in [6.07, 6.45) is 19.9. The fourth-order valence-electron chi connectivity index (χ4n) is 4.50. The molecule has 0 bridgehead atoms. The maximum absolute atomic E-state index is 10.4. The van der Waals surface area contributed by atoms with Gasteiger partial charge in [0.15, 0.2) is 0 Å². The van der Waals surface area contributed by atoms with Crippen LogP contribution in [0.3, 0.4) is 0 Å². The van der Waals surface area contributed by atoms with Gasteiger partial charge in [-0.15, -0.1) is 12.4 Å². The molecule has 4 N–H and O–H groups in total. The number of ether oxygens (including phenoxy) is 2. The summed E-state index contributed by atoms with van der Waals surface area (Å²) in [5.41, 5.74) is 0. The number of unbranched alkanes of at least 4 members (excludes halogenated alkanes) is 14. The zero-order valence-corrected chi connectivity index (χ0v) is 25.1. The summed E-state index contributed by atoms with van der Waals surface area (Å²) in [7, 11) is 4.12. The van der Waals surface area contributed by atoms with Gasteiger partial charge in [-0.3, -0.25) is 0 Å². The Labute approximate surface area is 234 Å². The van der Waals surface area contributed by atoms with E-state index in [-0.39, 0.29) is 45.4 Å². The molecule has 0 saturated heterocycles. The van der Waals surface area contributed by atoms with Gasteiger partial charge < -0.3 is 34.8 Å². The molecule has 0 aromatic rings. The van der Waals surface area contributed by atoms with Crippen molar-refractivity contribution in [1.29, 1.82) is 0 Å². The lowest BCUT2D eigenvalue weighted by atomic mass is 10.00. The molecule has 4 unspecified atom stereocenters. The second-order valence-corrected chi connectivity index (χ2v) is 10.8. The van der Waals surface area contributed by atoms with E-state index in [1.165, 1.54) is 96.3 Å². The van der Waals surface area contributed by atoms with Crippen molar-refractivity contribution in [3.63, 3.8) is 0 Å². The van der Waals surface area contributed by atoms with E-state index in [1.54, 1.807) is 0 Å². The highest BCUT2D eigenvalue weighted by molar-refractivity contribution is 5.85. The van der Waals surface area contributed by atoms with Gasteiger partial charge in [0.05, 0.1) is 39.1 Å². The predicted octanol–water partition coefficient (Wildman–Crippen LogP) is 5.10. The Hall–Kier alpha value is 0.01000. The molecule has 0 heterocycles. The van der Waals surface area contributed by atoms with E-state index in [4.69, 9.17) is 14.6 Å². The normalized spacial score (nSPS) is 14.9. The molecule has 0 saturated carbocycles. The molecular formula is C29H62ClNO6. The van der Waals surface area contributed by atoms with Crippen molar-refractivity contribution in [3.8, 4) is 0 Å². The first-order valence-electron chi connectivity index (χ1n) is 14.9. The van der Waals surface area contributed by atoms with Gasteiger partial charge in [0.2, 0.25) is 0 Å². The van der Waals surface area contributed by atoms with Gasteiger partial charge in [-0.05, 0) is 26.9 Å². The van der Waals surface area contributed by atoms with Crippen LogP contribution < -0.4 is 0 Å². The van der Waals surface area contributed by atoms with E-state index in [9.17, 15) is 15.3 Å². The molecule has 0 radical (unpaired) electrons. The number of hydrogen-bond acceptors (Lipinski definition) is 7. The number of rotatable bonds is 28. The van der Waals surface area contributed by atoms with Gasteiger partial charge in [0.1, 0.15) is 12.2 Å². The quantitative estimate of drug-likeness (QED) is 0.0996. The maximum atomic E-state index is 10.4. The van der Waals surface area contributed by atoms with Crippen LogP contribution in [0.5, 0.6) is 0 Å². The second-order valence-electron chi connectivity index (χ2n) is 10.8. The highest BCUT2D eigenvalue weighted by Gasteiger charge is 2.17. The largest absolute Gasteiger partial charge is 0.394 e. The van der Waals surface area contributed by atoms with Crippen LogP contribution in [0.25, 0.3) is 0 Å². The number of nitrogens with zero attached hydrogens (tertiary/aromatic N) is 1. The highest BCUT2D eigenvalue weighted by Crippen LogP contribution is 2.16. The Bertz CT molecular complexity index is 447. The first kappa shape index (κ1) is 39.2. The number of aliphatic hydroxyl groups is 4. The molecule has 0 rings (SSSR count). The molecule has 37 heavy (non-hydrogen) atoms. The Morgan fingerprint density at radius 1 is 0.568 bits per heavy atom. The van der Waals surface area contributed by atoms with Crippen molar-refractivity contribution in [2.24, 2.45) is 0 Å². The third kappa shape index (κ3) is 27.4. The molecule has 0 aliphatic heterocycles. The van der Waals surface area contributed by atoms with Crippen molar-refractivity contribution >= 4 is 12.4 Å². The van der Waals surface area contributed by atoms with Gasteiger partial charge in [-0.25, -0.2) is 0 Å². The lowest BCUT2D eigenvalue weighted by Crippen LogP contribution is -2.34. The van der Waals surface area contributed by atoms with Crippen LogP contribution in [0.1, 0.15) is 116 Å². The van der Waals surface area contributed by atoms with Crippen molar-refractivity contribution in [1.82, 2.24) is 4.90 Å². The molecule has 0 aromatic heterocycles. The molecule has 0 fully saturated rings. The molecule has 0 amide bonds. The fraction of sp³-hybridized carbons (Fsp3) is 1.00. The second kappa shape index (κ2) is 29.0. The van der Waals surface area contributed by atoms with Crippen LogP contribution in [0.2, 0.25) is 0 Å². The van der Waals surface area contributed by atoms with Crippen molar-refractivity contribution in [3.05, 3.63) is 0 Å². The number of halogens is 1. The van der Waals surface area contributed by atoms with Gasteiger partial charge in [-0.1, -0.05) is 103 Å². The number of aliphatic hydroxyl groups excluding tert-OH is 4. The predicted molar refractivity (Wildman–Crippen MR) is 156 cm³/mol. The minimum absolute atomic E-state index is 0. The summed E-state index contributed by atoms with van der Waals surface area (Å²) in [6, 6.07) is 0.318. The third-order valence-corrected chi connectivity index (χ3v) is 6.87. The van der Waals surface area contributed by atoms with Crippen LogP contribution in [-0.2, 0) is 9.47 Å². The molecule has 226 valence electrons. The van der Waals surface area contributed by atoms with Crippen molar-refractivity contribution in [2.75, 3.05) is 47.1 Å². The van der Waals surface area contributed by atoms with Crippen LogP contribution in [0.4, 0.5) is 0 Å². The van der Waals surface area contributed by atoms with Gasteiger partial charge >= 0.3 is 0 Å². The highest BCUT2D eigenvalue weighted by atomic mass is 35.5. The summed E-state index contributed by atoms with van der Waals surface area (Å²) < 4.78 is 10.6. The van der Waals surface area contributed by atoms with Crippen LogP contribution in [-0.4, -0.2) is 96.8 Å². The van der Waals surface area contributed by atoms with E-state index in [1.807, 2.05) is 0 Å². The smallest absolute Gasteiger partial charge is 0.101 e. The van der Waals surface area contributed by atoms with Crippen LogP contribution >= 0.6 is 12.4 Å². The third-order valence-electron chi connectivity index (χ3n) is 6.87. The molecule has 0 aliphatic carbocycles. The Kier molecular flexibility index (Phi) is 30.7. The Balaban J connectivity index is 0. The minimum Gasteiger partial charge on any atom is -0.394 e. The van der Waals surface area contributed by atoms with Crippen LogP contribution in [0.15, 0.2) is 0 Å². The summed E-state index contributed by atoms with van der Waals surface area (Å²) in [4.78, 5) is 2.18. The molecule has 0 aliphatic rings. The average molecular weight is 556 g/mol. The summed E-state index contributed by atoms with van der Waals surface area (Å²) >= 11 is 0. The summed E-state index contributed by atoms with van der Waals surface area (Å²) in [5, 5.41) is 38.1. The van der Waals surface area contributed by atoms with Crippen molar-refractivity contribution in [2.45, 2.75) is 140 Å². The SMILES string of the molecule is CCCCCCCCCCCCCCCCCC(CC(O)COCC(O)COCC(O)CO)N(C)C.Cl. The summed E-state index contributed by atoms with van der Waals surface area (Å²) in [6.45, 7) is 2.15. The maximum Gasteiger partial charge on any atom is 0.101 e. The summed E-state index contributed by atoms with van der Waals surface area (Å²) in [5.74, 6) is 0. The fourth-order valence-corrected chi connectivity index (χ4v) is 4.50. The molecule has 8 heteroatoms. The molecule has 0 aromatic carbocycles. The lowest BCUT2D eigenvalue weighted by molar-refractivity contribution is -0.0603. The average Bonchev–Trinajstić information content (AvgIpc) is 2.85. The Morgan fingerprint density at radius 3 is 1.35 bits per heavy atom. The van der Waals surface area contributed by atoms with E-state index in [0.717, 1.165) is 6.42 Å². The van der Waals surface area contributed by atoms with E-state index in [2.05, 4.69) is 25.9 Å². The van der Waals surface area contributed by atoms with Gasteiger partial charge in [0.25, 0.3) is 0 Å². The molecule has 0 spiro atoms. The van der Waals surface area contributed by atoms with E-state index >= 15 is 0 Å². The van der Waals surface area contributed by atoms with Gasteiger partial charge in [-0.2, -0.15) is 0 Å². The monoisotopic (exact) mass is 555 g/mol. The first-order chi connectivity index (χ1) is 17.4. The number of hydrogen-bond donors (Lipinski definition) is 4. The van der Waals surface area contributed by atoms with Crippen molar-refractivity contribution < 1.29 is 29.9 Å².